The fourth-order valence-corrected chi connectivity index (χ4v) is 3.98. The summed E-state index contributed by atoms with van der Waals surface area (Å²) in [7, 11) is -4.00. The maximum absolute atomic E-state index is 13.1. The highest BCUT2D eigenvalue weighted by atomic mass is 32.2. The molecule has 0 aliphatic carbocycles. The lowest BCUT2D eigenvalue weighted by molar-refractivity contribution is 0.0476. The highest BCUT2D eigenvalue weighted by Gasteiger charge is 2.40. The van der Waals surface area contributed by atoms with Crippen molar-refractivity contribution in [1.29, 1.82) is 0 Å². The van der Waals surface area contributed by atoms with Gasteiger partial charge in [0.15, 0.2) is 0 Å². The van der Waals surface area contributed by atoms with Crippen LogP contribution in [0.3, 0.4) is 0 Å². The van der Waals surface area contributed by atoms with Gasteiger partial charge in [-0.15, -0.1) is 0 Å². The molecule has 2 aromatic rings. The highest BCUT2D eigenvalue weighted by Crippen LogP contribution is 2.29. The molecule has 1 aliphatic heterocycles. The molecule has 2 aromatic carbocycles. The zero-order valence-corrected chi connectivity index (χ0v) is 13.4. The Morgan fingerprint density at radius 2 is 1.72 bits per heavy atom. The van der Waals surface area contributed by atoms with Crippen molar-refractivity contribution in [2.24, 2.45) is 0 Å². The first-order valence-electron chi connectivity index (χ1n) is 7.10. The summed E-state index contributed by atoms with van der Waals surface area (Å²) in [4.78, 5) is 23.8. The van der Waals surface area contributed by atoms with Crippen LogP contribution in [0.2, 0.25) is 0 Å². The molecule has 0 radical (unpaired) electrons. The fraction of sp³-hybridized carbons (Fsp3) is 0.125. The van der Waals surface area contributed by atoms with Crippen LogP contribution in [0.15, 0.2) is 47.4 Å². The fourth-order valence-electron chi connectivity index (χ4n) is 2.43. The normalized spacial score (nSPS) is 15.1. The third kappa shape index (κ3) is 3.10. The summed E-state index contributed by atoms with van der Waals surface area (Å²) in [6, 6.07) is 7.91. The van der Waals surface area contributed by atoms with Crippen molar-refractivity contribution in [1.82, 2.24) is 4.31 Å². The Hall–Kier alpha value is -2.81. The molecule has 130 valence electrons. The third-order valence-electron chi connectivity index (χ3n) is 3.54. The van der Waals surface area contributed by atoms with Crippen LogP contribution in [-0.2, 0) is 14.8 Å². The maximum Gasteiger partial charge on any atom is 0.338 e. The van der Waals surface area contributed by atoms with E-state index in [2.05, 4.69) is 0 Å². The molecule has 0 unspecified atom stereocenters. The van der Waals surface area contributed by atoms with E-state index >= 15 is 0 Å². The highest BCUT2D eigenvalue weighted by molar-refractivity contribution is 7.90. The van der Waals surface area contributed by atoms with Crippen LogP contribution in [0.5, 0.6) is 0 Å². The molecule has 1 amide bonds. The molecule has 0 atom stereocenters. The Balaban J connectivity index is 1.69. The van der Waals surface area contributed by atoms with Crippen LogP contribution in [0, 0.1) is 11.6 Å². The molecule has 6 nitrogen and oxygen atoms in total. The maximum atomic E-state index is 13.1. The van der Waals surface area contributed by atoms with E-state index in [1.165, 1.54) is 24.3 Å². The lowest BCUT2D eigenvalue weighted by atomic mass is 10.2. The summed E-state index contributed by atoms with van der Waals surface area (Å²) in [5.41, 5.74) is -0.308. The number of amides is 1. The van der Waals surface area contributed by atoms with Crippen LogP contribution in [0.1, 0.15) is 20.7 Å². The molecule has 25 heavy (non-hydrogen) atoms. The smallest absolute Gasteiger partial charge is 0.338 e. The van der Waals surface area contributed by atoms with Gasteiger partial charge in [-0.25, -0.2) is 26.3 Å². The molecule has 0 fully saturated rings. The number of ether oxygens (including phenoxy) is 1. The van der Waals surface area contributed by atoms with E-state index in [9.17, 15) is 26.8 Å². The summed E-state index contributed by atoms with van der Waals surface area (Å²) in [6.07, 6.45) is 0. The lowest BCUT2D eigenvalue weighted by Gasteiger charge is -2.15. The molecule has 0 bridgehead atoms. The van der Waals surface area contributed by atoms with Gasteiger partial charge in [-0.1, -0.05) is 12.1 Å². The van der Waals surface area contributed by atoms with E-state index in [0.29, 0.717) is 10.4 Å². The van der Waals surface area contributed by atoms with Gasteiger partial charge in [-0.2, -0.15) is 0 Å². The molecule has 0 saturated heterocycles. The summed E-state index contributed by atoms with van der Waals surface area (Å²) in [5.74, 6) is -3.64. The molecular formula is C16H11F2NO5S. The summed E-state index contributed by atoms with van der Waals surface area (Å²) < 4.78 is 56.2. The minimum absolute atomic E-state index is 0.0426. The van der Waals surface area contributed by atoms with Gasteiger partial charge >= 0.3 is 5.97 Å². The number of benzene rings is 2. The van der Waals surface area contributed by atoms with Gasteiger partial charge in [0.2, 0.25) is 0 Å². The van der Waals surface area contributed by atoms with E-state index in [1.807, 2.05) is 0 Å². The number of fused-ring (bicyclic) bond motifs is 1. The summed E-state index contributed by atoms with van der Waals surface area (Å²) in [6.45, 7) is -0.852. The van der Waals surface area contributed by atoms with Gasteiger partial charge in [0.25, 0.3) is 15.9 Å². The van der Waals surface area contributed by atoms with Crippen molar-refractivity contribution in [3.63, 3.8) is 0 Å². The van der Waals surface area contributed by atoms with Crippen LogP contribution in [0.4, 0.5) is 8.78 Å². The van der Waals surface area contributed by atoms with Gasteiger partial charge in [-0.05, 0) is 24.3 Å². The molecule has 0 N–H and O–H groups in total. The van der Waals surface area contributed by atoms with Crippen molar-refractivity contribution in [3.05, 3.63) is 65.2 Å². The Bertz CT molecular complexity index is 954. The first-order valence-corrected chi connectivity index (χ1v) is 8.54. The van der Waals surface area contributed by atoms with Gasteiger partial charge < -0.3 is 4.74 Å². The second kappa shape index (κ2) is 6.25. The zero-order valence-electron chi connectivity index (χ0n) is 12.6. The predicted octanol–water partition coefficient (Wildman–Crippen LogP) is 1.97. The van der Waals surface area contributed by atoms with Crippen LogP contribution < -0.4 is 0 Å². The van der Waals surface area contributed by atoms with Crippen molar-refractivity contribution in [2.75, 3.05) is 13.2 Å². The monoisotopic (exact) mass is 367 g/mol. The van der Waals surface area contributed by atoms with E-state index in [0.717, 1.165) is 12.1 Å². The molecule has 3 rings (SSSR count). The summed E-state index contributed by atoms with van der Waals surface area (Å²) in [5, 5.41) is 0. The molecule has 0 spiro atoms. The van der Waals surface area contributed by atoms with E-state index < -0.39 is 46.7 Å². The molecule has 9 heteroatoms. The Morgan fingerprint density at radius 3 is 2.36 bits per heavy atom. The Labute approximate surface area is 141 Å². The number of hydrogen-bond acceptors (Lipinski definition) is 5. The van der Waals surface area contributed by atoms with Crippen LogP contribution in [-0.4, -0.2) is 37.8 Å². The Kier molecular flexibility index (Phi) is 4.25. The average Bonchev–Trinajstić information content (AvgIpc) is 2.75. The minimum Gasteiger partial charge on any atom is -0.460 e. The quantitative estimate of drug-likeness (QED) is 0.772. The first kappa shape index (κ1) is 17.0. The second-order valence-electron chi connectivity index (χ2n) is 5.17. The number of carbonyl (C=O) groups is 2. The van der Waals surface area contributed by atoms with E-state index in [1.54, 1.807) is 0 Å². The molecule has 0 aromatic heterocycles. The number of halogens is 2. The minimum atomic E-state index is -4.00. The number of hydrogen-bond donors (Lipinski definition) is 0. The van der Waals surface area contributed by atoms with Gasteiger partial charge in [-0.3, -0.25) is 4.79 Å². The SMILES string of the molecule is O=C(OCCN1C(=O)c2ccccc2S1(=O)=O)c1cc(F)cc(F)c1. The predicted molar refractivity (Wildman–Crippen MR) is 81.3 cm³/mol. The van der Waals surface area contributed by atoms with Crippen molar-refractivity contribution in [2.45, 2.75) is 4.90 Å². The third-order valence-corrected chi connectivity index (χ3v) is 5.38. The van der Waals surface area contributed by atoms with Crippen molar-refractivity contribution in [3.8, 4) is 0 Å². The number of nitrogens with zero attached hydrogens (tertiary/aromatic N) is 1. The zero-order chi connectivity index (χ0) is 18.2. The number of sulfonamides is 1. The molecule has 1 aliphatic rings. The van der Waals surface area contributed by atoms with Gasteiger partial charge in [0.1, 0.15) is 23.1 Å². The second-order valence-corrected chi connectivity index (χ2v) is 7.00. The van der Waals surface area contributed by atoms with Gasteiger partial charge in [0, 0.05) is 6.07 Å². The molecule has 1 heterocycles. The molecular weight excluding hydrogens is 356 g/mol. The number of esters is 1. The lowest BCUT2D eigenvalue weighted by Crippen LogP contribution is -2.33. The van der Waals surface area contributed by atoms with Gasteiger partial charge in [0.05, 0.1) is 17.7 Å². The van der Waals surface area contributed by atoms with Crippen molar-refractivity contribution < 1.29 is 31.5 Å². The summed E-state index contributed by atoms with van der Waals surface area (Å²) >= 11 is 0. The molecule has 0 saturated carbocycles. The van der Waals surface area contributed by atoms with Crippen LogP contribution in [0.25, 0.3) is 0 Å². The standard InChI is InChI=1S/C16H11F2NO5S/c17-11-7-10(8-12(18)9-11)16(21)24-6-5-19-15(20)13-3-1-2-4-14(13)25(19,22)23/h1-4,7-9H,5-6H2. The largest absolute Gasteiger partial charge is 0.460 e. The number of rotatable bonds is 4. The Morgan fingerprint density at radius 1 is 1.08 bits per heavy atom. The van der Waals surface area contributed by atoms with Crippen LogP contribution >= 0.6 is 0 Å². The first-order chi connectivity index (χ1) is 11.8. The number of carbonyl (C=O) groups excluding carboxylic acids is 2. The van der Waals surface area contributed by atoms with E-state index in [4.69, 9.17) is 4.74 Å². The van der Waals surface area contributed by atoms with Crippen molar-refractivity contribution >= 4 is 21.9 Å². The van der Waals surface area contributed by atoms with E-state index in [-0.39, 0.29) is 16.0 Å². The average molecular weight is 367 g/mol. The topological polar surface area (TPSA) is 80.8 Å².